The third-order valence-electron chi connectivity index (χ3n) is 5.94. The smallest absolute Gasteiger partial charge is 0.254 e. The highest BCUT2D eigenvalue weighted by atomic mass is 16.5. The van der Waals surface area contributed by atoms with E-state index in [-0.39, 0.29) is 11.8 Å². The summed E-state index contributed by atoms with van der Waals surface area (Å²) >= 11 is 0. The lowest BCUT2D eigenvalue weighted by Crippen LogP contribution is -2.46. The molecule has 2 unspecified atom stereocenters. The van der Waals surface area contributed by atoms with Crippen molar-refractivity contribution < 1.29 is 23.8 Å². The van der Waals surface area contributed by atoms with Crippen molar-refractivity contribution in [3.05, 3.63) is 53.1 Å². The second kappa shape index (κ2) is 9.94. The highest BCUT2D eigenvalue weighted by molar-refractivity contribution is 6.02. The first-order chi connectivity index (χ1) is 15.3. The van der Waals surface area contributed by atoms with Gasteiger partial charge < -0.3 is 24.4 Å². The molecule has 3 rings (SSSR count). The fraction of sp³-hybridized carbons (Fsp3) is 0.440. The summed E-state index contributed by atoms with van der Waals surface area (Å²) in [5, 5.41) is 3.07. The Hall–Kier alpha value is -3.22. The summed E-state index contributed by atoms with van der Waals surface area (Å²) in [7, 11) is 6.40. The van der Waals surface area contributed by atoms with E-state index in [0.717, 1.165) is 12.0 Å². The van der Waals surface area contributed by atoms with Crippen molar-refractivity contribution in [2.24, 2.45) is 5.92 Å². The minimum absolute atomic E-state index is 0.126. The minimum Gasteiger partial charge on any atom is -0.497 e. The van der Waals surface area contributed by atoms with E-state index in [1.165, 1.54) is 7.11 Å². The number of carbonyl (C=O) groups is 2. The van der Waals surface area contributed by atoms with Gasteiger partial charge in [-0.3, -0.25) is 9.59 Å². The number of fused-ring (bicyclic) bond motifs is 1. The van der Waals surface area contributed by atoms with E-state index >= 15 is 0 Å². The summed E-state index contributed by atoms with van der Waals surface area (Å²) < 4.78 is 16.2. The summed E-state index contributed by atoms with van der Waals surface area (Å²) in [4.78, 5) is 28.5. The topological polar surface area (TPSA) is 77.1 Å². The van der Waals surface area contributed by atoms with Gasteiger partial charge in [0.2, 0.25) is 5.91 Å². The van der Waals surface area contributed by atoms with Gasteiger partial charge in [-0.1, -0.05) is 26.0 Å². The van der Waals surface area contributed by atoms with Crippen LogP contribution in [0, 0.1) is 5.92 Å². The Kier molecular flexibility index (Phi) is 7.28. The van der Waals surface area contributed by atoms with Crippen LogP contribution in [0.25, 0.3) is 0 Å². The number of hydrogen-bond donors (Lipinski definition) is 1. The zero-order valence-electron chi connectivity index (χ0n) is 19.6. The Morgan fingerprint density at radius 1 is 1.03 bits per heavy atom. The minimum atomic E-state index is -0.604. The fourth-order valence-corrected chi connectivity index (χ4v) is 4.14. The van der Waals surface area contributed by atoms with Crippen LogP contribution in [0.2, 0.25) is 0 Å². The van der Waals surface area contributed by atoms with Gasteiger partial charge in [0.25, 0.3) is 5.91 Å². The number of nitrogens with one attached hydrogen (secondary N) is 1. The molecular weight excluding hydrogens is 408 g/mol. The number of amides is 2. The molecule has 1 heterocycles. The van der Waals surface area contributed by atoms with Gasteiger partial charge in [0, 0.05) is 19.2 Å². The zero-order chi connectivity index (χ0) is 23.4. The Morgan fingerprint density at radius 2 is 1.66 bits per heavy atom. The summed E-state index contributed by atoms with van der Waals surface area (Å²) in [5.74, 6) is 1.22. The Morgan fingerprint density at radius 3 is 2.22 bits per heavy atom. The zero-order valence-corrected chi connectivity index (χ0v) is 19.6. The molecule has 32 heavy (non-hydrogen) atoms. The molecule has 1 aliphatic heterocycles. The fourth-order valence-electron chi connectivity index (χ4n) is 4.14. The van der Waals surface area contributed by atoms with Gasteiger partial charge in [-0.25, -0.2) is 0 Å². The summed E-state index contributed by atoms with van der Waals surface area (Å²) in [6, 6.07) is 10.4. The summed E-state index contributed by atoms with van der Waals surface area (Å²) in [6.07, 6.45) is 0.874. The van der Waals surface area contributed by atoms with Crippen LogP contribution >= 0.6 is 0 Å². The van der Waals surface area contributed by atoms with Crippen LogP contribution in [0.15, 0.2) is 36.4 Å². The molecule has 0 bridgehead atoms. The molecular formula is C25H32N2O5. The maximum Gasteiger partial charge on any atom is 0.254 e. The van der Waals surface area contributed by atoms with Gasteiger partial charge in [0.1, 0.15) is 5.75 Å². The number of benzene rings is 2. The third-order valence-corrected chi connectivity index (χ3v) is 5.94. The number of carbonyl (C=O) groups excluding carboxylic acids is 2. The van der Waals surface area contributed by atoms with E-state index in [1.807, 2.05) is 24.3 Å². The van der Waals surface area contributed by atoms with Crippen LogP contribution in [0.5, 0.6) is 17.2 Å². The molecule has 0 aromatic heterocycles. The van der Waals surface area contributed by atoms with E-state index in [4.69, 9.17) is 14.2 Å². The maximum absolute atomic E-state index is 13.5. The maximum atomic E-state index is 13.5. The Balaban J connectivity index is 2.12. The standard InChI is InChI=1S/C25H32N2O5/c1-15(2)11-12-26-24(28)22-18-13-20(31-5)21(32-6)14-19(18)25(29)27(3)23(22)16-7-9-17(30-4)10-8-16/h7-10,13-15,22-23H,11-12H2,1-6H3,(H,26,28). The molecule has 2 amide bonds. The van der Waals surface area contributed by atoms with Crippen LogP contribution in [-0.4, -0.2) is 51.6 Å². The second-order valence-electron chi connectivity index (χ2n) is 8.38. The van der Waals surface area contributed by atoms with Gasteiger partial charge in [-0.15, -0.1) is 0 Å². The van der Waals surface area contributed by atoms with Gasteiger partial charge in [0.05, 0.1) is 33.3 Å². The van der Waals surface area contributed by atoms with E-state index in [2.05, 4.69) is 19.2 Å². The highest BCUT2D eigenvalue weighted by Gasteiger charge is 2.43. The third kappa shape index (κ3) is 4.52. The molecule has 0 fully saturated rings. The van der Waals surface area contributed by atoms with Gasteiger partial charge in [0.15, 0.2) is 11.5 Å². The van der Waals surface area contributed by atoms with E-state index in [1.54, 1.807) is 38.3 Å². The molecule has 2 aromatic carbocycles. The molecule has 2 atom stereocenters. The molecule has 1 N–H and O–H groups in total. The number of hydrogen-bond acceptors (Lipinski definition) is 5. The molecule has 0 saturated carbocycles. The summed E-state index contributed by atoms with van der Waals surface area (Å²) in [6.45, 7) is 4.81. The lowest BCUT2D eigenvalue weighted by Gasteiger charge is -2.40. The molecule has 0 spiro atoms. The quantitative estimate of drug-likeness (QED) is 0.676. The van der Waals surface area contributed by atoms with Gasteiger partial charge in [-0.05, 0) is 47.7 Å². The first kappa shape index (κ1) is 23.4. The largest absolute Gasteiger partial charge is 0.497 e. The molecule has 2 aromatic rings. The average molecular weight is 441 g/mol. The monoisotopic (exact) mass is 440 g/mol. The molecule has 0 radical (unpaired) electrons. The van der Waals surface area contributed by atoms with Gasteiger partial charge in [-0.2, -0.15) is 0 Å². The number of methoxy groups -OCH3 is 3. The van der Waals surface area contributed by atoms with E-state index in [9.17, 15) is 9.59 Å². The normalized spacial score (nSPS) is 17.7. The lowest BCUT2D eigenvalue weighted by atomic mass is 9.79. The van der Waals surface area contributed by atoms with Crippen molar-refractivity contribution in [2.45, 2.75) is 32.2 Å². The number of rotatable bonds is 8. The number of likely N-dealkylation sites (N-methyl/N-ethyl adjacent to an activating group) is 1. The molecule has 172 valence electrons. The first-order valence-corrected chi connectivity index (χ1v) is 10.8. The number of ether oxygens (including phenoxy) is 3. The van der Waals surface area contributed by atoms with Crippen LogP contribution in [-0.2, 0) is 4.79 Å². The molecule has 7 nitrogen and oxygen atoms in total. The predicted octanol–water partition coefficient (Wildman–Crippen LogP) is 3.79. The predicted molar refractivity (Wildman–Crippen MR) is 123 cm³/mol. The van der Waals surface area contributed by atoms with E-state index < -0.39 is 12.0 Å². The van der Waals surface area contributed by atoms with Crippen LogP contribution < -0.4 is 19.5 Å². The average Bonchev–Trinajstić information content (AvgIpc) is 2.80. The van der Waals surface area contributed by atoms with Crippen molar-refractivity contribution in [2.75, 3.05) is 34.9 Å². The van der Waals surface area contributed by atoms with Crippen LogP contribution in [0.4, 0.5) is 0 Å². The van der Waals surface area contributed by atoms with Crippen molar-refractivity contribution >= 4 is 11.8 Å². The second-order valence-corrected chi connectivity index (χ2v) is 8.38. The molecule has 1 aliphatic rings. The first-order valence-electron chi connectivity index (χ1n) is 10.8. The van der Waals surface area contributed by atoms with Crippen molar-refractivity contribution in [1.82, 2.24) is 10.2 Å². The molecule has 0 saturated heterocycles. The Labute approximate surface area is 189 Å². The summed E-state index contributed by atoms with van der Waals surface area (Å²) in [5.41, 5.74) is 1.93. The van der Waals surface area contributed by atoms with Crippen LogP contribution in [0.1, 0.15) is 53.7 Å². The van der Waals surface area contributed by atoms with Crippen molar-refractivity contribution in [1.29, 1.82) is 0 Å². The van der Waals surface area contributed by atoms with Crippen LogP contribution in [0.3, 0.4) is 0 Å². The lowest BCUT2D eigenvalue weighted by molar-refractivity contribution is -0.124. The SMILES string of the molecule is COc1ccc(C2C(C(=O)NCCC(C)C)c3cc(OC)c(OC)cc3C(=O)N2C)cc1. The molecule has 0 aliphatic carbocycles. The van der Waals surface area contributed by atoms with E-state index in [0.29, 0.717) is 40.8 Å². The highest BCUT2D eigenvalue weighted by Crippen LogP contribution is 2.45. The van der Waals surface area contributed by atoms with Crippen molar-refractivity contribution in [3.8, 4) is 17.2 Å². The van der Waals surface area contributed by atoms with Crippen molar-refractivity contribution in [3.63, 3.8) is 0 Å². The number of nitrogens with zero attached hydrogens (tertiary/aromatic N) is 1. The Bertz CT molecular complexity index is 971. The molecule has 7 heteroatoms. The van der Waals surface area contributed by atoms with Gasteiger partial charge >= 0.3 is 0 Å².